The molecule has 0 aliphatic heterocycles. The third-order valence-corrected chi connectivity index (χ3v) is 7.00. The van der Waals surface area contributed by atoms with Crippen LogP contribution >= 0.6 is 22.9 Å². The van der Waals surface area contributed by atoms with Crippen LogP contribution < -0.4 is 4.72 Å². The van der Waals surface area contributed by atoms with Crippen molar-refractivity contribution in [2.24, 2.45) is 7.05 Å². The maximum Gasteiger partial charge on any atom is 0.263 e. The van der Waals surface area contributed by atoms with Gasteiger partial charge in [0.05, 0.1) is 11.4 Å². The average Bonchev–Trinajstić information content (AvgIpc) is 3.09. The molecule has 0 fully saturated rings. The molecule has 5 nitrogen and oxygen atoms in total. The first-order valence-corrected chi connectivity index (χ1v) is 10.3. The van der Waals surface area contributed by atoms with Gasteiger partial charge in [0.15, 0.2) is 0 Å². The van der Waals surface area contributed by atoms with Gasteiger partial charge in [0.1, 0.15) is 9.90 Å². The van der Waals surface area contributed by atoms with E-state index in [1.807, 2.05) is 23.9 Å². The monoisotopic (exact) mass is 395 g/mol. The van der Waals surface area contributed by atoms with E-state index >= 15 is 0 Å². The Morgan fingerprint density at radius 3 is 2.60 bits per heavy atom. The van der Waals surface area contributed by atoms with Crippen molar-refractivity contribution in [2.45, 2.75) is 25.7 Å². The lowest BCUT2D eigenvalue weighted by molar-refractivity contribution is 0.600. The number of hydrogen-bond donors (Lipinski definition) is 1. The van der Waals surface area contributed by atoms with Gasteiger partial charge in [-0.15, -0.1) is 11.3 Å². The molecule has 1 aromatic carbocycles. The third-order valence-electron chi connectivity index (χ3n) is 4.13. The summed E-state index contributed by atoms with van der Waals surface area (Å²) in [6, 6.07) is 6.80. The van der Waals surface area contributed by atoms with Gasteiger partial charge in [-0.05, 0) is 44.5 Å². The largest absolute Gasteiger partial charge is 0.345 e. The van der Waals surface area contributed by atoms with E-state index in [0.29, 0.717) is 22.0 Å². The summed E-state index contributed by atoms with van der Waals surface area (Å²) in [5.41, 5.74) is 3.50. The first-order valence-electron chi connectivity index (χ1n) is 7.57. The van der Waals surface area contributed by atoms with Crippen LogP contribution in [0.2, 0.25) is 5.02 Å². The van der Waals surface area contributed by atoms with Crippen LogP contribution in [0.5, 0.6) is 0 Å². The maximum atomic E-state index is 12.9. The van der Waals surface area contributed by atoms with Crippen molar-refractivity contribution in [1.82, 2.24) is 9.55 Å². The molecule has 132 valence electrons. The molecule has 0 aliphatic rings. The number of rotatable bonds is 4. The quantitative estimate of drug-likeness (QED) is 0.705. The Morgan fingerprint density at radius 2 is 1.96 bits per heavy atom. The van der Waals surface area contributed by atoms with Crippen LogP contribution in [0.15, 0.2) is 34.5 Å². The Labute approximate surface area is 156 Å². The van der Waals surface area contributed by atoms with Gasteiger partial charge in [-0.1, -0.05) is 17.7 Å². The predicted octanol–water partition coefficient (Wildman–Crippen LogP) is 4.53. The zero-order valence-electron chi connectivity index (χ0n) is 14.3. The summed E-state index contributed by atoms with van der Waals surface area (Å²) in [5.74, 6) is 0. The molecule has 0 unspecified atom stereocenters. The molecule has 0 aliphatic carbocycles. The summed E-state index contributed by atoms with van der Waals surface area (Å²) in [5, 5.41) is 3.26. The Bertz CT molecular complexity index is 1050. The molecular weight excluding hydrogens is 378 g/mol. The van der Waals surface area contributed by atoms with Gasteiger partial charge < -0.3 is 4.57 Å². The highest BCUT2D eigenvalue weighted by atomic mass is 35.5. The molecule has 0 atom stereocenters. The van der Waals surface area contributed by atoms with Crippen molar-refractivity contribution in [2.75, 3.05) is 4.72 Å². The van der Waals surface area contributed by atoms with Gasteiger partial charge in [-0.2, -0.15) is 0 Å². The topological polar surface area (TPSA) is 64.0 Å². The van der Waals surface area contributed by atoms with Gasteiger partial charge in [-0.3, -0.25) is 4.72 Å². The number of anilines is 1. The molecule has 25 heavy (non-hydrogen) atoms. The van der Waals surface area contributed by atoms with Crippen molar-refractivity contribution < 1.29 is 8.42 Å². The van der Waals surface area contributed by atoms with Gasteiger partial charge in [0.2, 0.25) is 0 Å². The van der Waals surface area contributed by atoms with Gasteiger partial charge in [0.25, 0.3) is 10.0 Å². The van der Waals surface area contributed by atoms with Crippen molar-refractivity contribution in [3.05, 3.63) is 51.6 Å². The number of hydrogen-bond acceptors (Lipinski definition) is 4. The smallest absolute Gasteiger partial charge is 0.263 e. The number of nitrogens with one attached hydrogen (secondary N) is 1. The summed E-state index contributed by atoms with van der Waals surface area (Å²) in [6.45, 7) is 5.47. The van der Waals surface area contributed by atoms with Crippen LogP contribution in [0.25, 0.3) is 10.7 Å². The van der Waals surface area contributed by atoms with Crippen LogP contribution in [0, 0.1) is 20.8 Å². The molecule has 2 heterocycles. The first kappa shape index (κ1) is 18.0. The number of sulfonamides is 1. The Hall–Kier alpha value is -1.83. The lowest BCUT2D eigenvalue weighted by Gasteiger charge is -2.11. The second-order valence-corrected chi connectivity index (χ2v) is 8.77. The molecule has 3 aromatic rings. The Morgan fingerprint density at radius 1 is 1.24 bits per heavy atom. The van der Waals surface area contributed by atoms with Gasteiger partial charge in [-0.25, -0.2) is 13.4 Å². The van der Waals surface area contributed by atoms with Crippen LogP contribution in [0.3, 0.4) is 0 Å². The molecule has 0 spiro atoms. The zero-order valence-corrected chi connectivity index (χ0v) is 16.7. The fourth-order valence-electron chi connectivity index (χ4n) is 2.54. The fraction of sp³-hybridized carbons (Fsp3) is 0.235. The Balaban J connectivity index is 2.05. The standard InChI is InChI=1S/C17H18ClN3O2S2/c1-10-9-24-17(19-10)15-8-16(12(3)21(15)4)25(22,23)20-14-7-5-6-13(18)11(14)2/h5-9,20H,1-4H3. The molecule has 0 saturated carbocycles. The highest BCUT2D eigenvalue weighted by Crippen LogP contribution is 2.32. The summed E-state index contributed by atoms with van der Waals surface area (Å²) < 4.78 is 30.3. The van der Waals surface area contributed by atoms with E-state index in [1.54, 1.807) is 38.1 Å². The maximum absolute atomic E-state index is 12.9. The minimum atomic E-state index is -3.74. The van der Waals surface area contributed by atoms with Crippen LogP contribution in [0.4, 0.5) is 5.69 Å². The third kappa shape index (κ3) is 3.31. The van der Waals surface area contributed by atoms with E-state index in [9.17, 15) is 8.42 Å². The molecular formula is C17H18ClN3O2S2. The molecule has 8 heteroatoms. The van der Waals surface area contributed by atoms with Crippen LogP contribution in [-0.4, -0.2) is 18.0 Å². The van der Waals surface area contributed by atoms with E-state index in [0.717, 1.165) is 16.4 Å². The summed E-state index contributed by atoms with van der Waals surface area (Å²) in [7, 11) is -1.90. The van der Waals surface area contributed by atoms with Gasteiger partial charge in [0, 0.05) is 28.8 Å². The summed E-state index contributed by atoms with van der Waals surface area (Å²) in [4.78, 5) is 4.69. The highest BCUT2D eigenvalue weighted by Gasteiger charge is 2.24. The second kappa shape index (κ2) is 6.48. The zero-order chi connectivity index (χ0) is 18.4. The van der Waals surface area contributed by atoms with Crippen molar-refractivity contribution >= 4 is 38.6 Å². The number of halogens is 1. The van der Waals surface area contributed by atoms with E-state index in [2.05, 4.69) is 9.71 Å². The minimum absolute atomic E-state index is 0.234. The van der Waals surface area contributed by atoms with Gasteiger partial charge >= 0.3 is 0 Å². The molecule has 0 amide bonds. The normalized spacial score (nSPS) is 11.7. The van der Waals surface area contributed by atoms with E-state index < -0.39 is 10.0 Å². The van der Waals surface area contributed by atoms with Crippen molar-refractivity contribution in [1.29, 1.82) is 0 Å². The van der Waals surface area contributed by atoms with Crippen LogP contribution in [0.1, 0.15) is 17.0 Å². The van der Waals surface area contributed by atoms with Crippen molar-refractivity contribution in [3.8, 4) is 10.7 Å². The molecule has 1 N–H and O–H groups in total. The SMILES string of the molecule is Cc1csc(-c2cc(S(=O)(=O)Nc3cccc(Cl)c3C)c(C)n2C)n1. The Kier molecular flexibility index (Phi) is 4.66. The lowest BCUT2D eigenvalue weighted by atomic mass is 10.2. The average molecular weight is 396 g/mol. The highest BCUT2D eigenvalue weighted by molar-refractivity contribution is 7.92. The molecule has 2 aromatic heterocycles. The molecule has 0 radical (unpaired) electrons. The van der Waals surface area contributed by atoms with E-state index in [1.165, 1.54) is 11.3 Å². The van der Waals surface area contributed by atoms with E-state index in [-0.39, 0.29) is 4.90 Å². The summed E-state index contributed by atoms with van der Waals surface area (Å²) in [6.07, 6.45) is 0. The minimum Gasteiger partial charge on any atom is -0.345 e. The number of benzene rings is 1. The molecule has 0 saturated heterocycles. The molecule has 3 rings (SSSR count). The molecule has 0 bridgehead atoms. The summed E-state index contributed by atoms with van der Waals surface area (Å²) >= 11 is 7.58. The number of aromatic nitrogens is 2. The fourth-order valence-corrected chi connectivity index (χ4v) is 4.97. The van der Waals surface area contributed by atoms with E-state index in [4.69, 9.17) is 11.6 Å². The first-order chi connectivity index (χ1) is 11.7. The number of nitrogens with zero attached hydrogens (tertiary/aromatic N) is 2. The van der Waals surface area contributed by atoms with Crippen molar-refractivity contribution in [3.63, 3.8) is 0 Å². The number of thiazole rings is 1. The lowest BCUT2D eigenvalue weighted by Crippen LogP contribution is -2.14. The second-order valence-electron chi connectivity index (χ2n) is 5.85. The predicted molar refractivity (Wildman–Crippen MR) is 103 cm³/mol. The van der Waals surface area contributed by atoms with Crippen LogP contribution in [-0.2, 0) is 17.1 Å². The number of aryl methyl sites for hydroxylation is 1.